The summed E-state index contributed by atoms with van der Waals surface area (Å²) >= 11 is 0. The summed E-state index contributed by atoms with van der Waals surface area (Å²) in [7, 11) is 0. The molecule has 0 heterocycles. The summed E-state index contributed by atoms with van der Waals surface area (Å²) in [5.41, 5.74) is 1.29. The van der Waals surface area contributed by atoms with Crippen molar-refractivity contribution >= 4 is 6.09 Å². The lowest BCUT2D eigenvalue weighted by Crippen LogP contribution is -2.38. The maximum Gasteiger partial charge on any atom is 0.414 e. The van der Waals surface area contributed by atoms with Crippen molar-refractivity contribution in [1.82, 2.24) is 4.90 Å². The zero-order valence-electron chi connectivity index (χ0n) is 17.0. The number of rotatable bonds is 9. The van der Waals surface area contributed by atoms with Gasteiger partial charge in [0.15, 0.2) is 0 Å². The molecule has 5 heteroatoms. The molecule has 0 aliphatic rings. The predicted molar refractivity (Wildman–Crippen MR) is 104 cm³/mol. The quantitative estimate of drug-likeness (QED) is 0.451. The van der Waals surface area contributed by atoms with Crippen LogP contribution in [0.1, 0.15) is 53.5 Å². The fourth-order valence-corrected chi connectivity index (χ4v) is 2.37. The molecule has 0 aliphatic carbocycles. The molecule has 0 unspecified atom stereocenters. The summed E-state index contributed by atoms with van der Waals surface area (Å²) in [4.78, 5) is 14.2. The van der Waals surface area contributed by atoms with Crippen LogP contribution in [0.5, 0.6) is 0 Å². The van der Waals surface area contributed by atoms with E-state index >= 15 is 0 Å². The summed E-state index contributed by atoms with van der Waals surface area (Å²) < 4.78 is 17.0. The van der Waals surface area contributed by atoms with Crippen LogP contribution in [-0.2, 0) is 20.8 Å². The Labute approximate surface area is 157 Å². The lowest BCUT2D eigenvalue weighted by atomic mass is 10.2. The molecular formula is C21H33NO4. The highest BCUT2D eigenvalue weighted by atomic mass is 16.6. The van der Waals surface area contributed by atoms with Crippen LogP contribution >= 0.6 is 0 Å². The monoisotopic (exact) mass is 363 g/mol. The van der Waals surface area contributed by atoms with Gasteiger partial charge in [0, 0.05) is 13.0 Å². The molecule has 146 valence electrons. The third kappa shape index (κ3) is 7.91. The molecule has 0 radical (unpaired) electrons. The highest BCUT2D eigenvalue weighted by Crippen LogP contribution is 2.20. The van der Waals surface area contributed by atoms with Crippen molar-refractivity contribution in [3.05, 3.63) is 47.4 Å². The van der Waals surface area contributed by atoms with E-state index < -0.39 is 5.60 Å². The molecule has 1 amide bonds. The van der Waals surface area contributed by atoms with Crippen molar-refractivity contribution in [2.45, 2.75) is 60.2 Å². The molecule has 0 saturated carbocycles. The first-order chi connectivity index (χ1) is 12.3. The Morgan fingerprint density at radius 1 is 1.12 bits per heavy atom. The van der Waals surface area contributed by atoms with Gasteiger partial charge in [0.05, 0.1) is 18.8 Å². The SMILES string of the molecule is CCOCCN(C(=O)OC(C)(C)C)/C(C)=C(/CC)OCc1ccccc1. The smallest absolute Gasteiger partial charge is 0.414 e. The van der Waals surface area contributed by atoms with Gasteiger partial charge in [-0.05, 0) is 40.2 Å². The zero-order chi connectivity index (χ0) is 19.6. The highest BCUT2D eigenvalue weighted by molar-refractivity contribution is 5.70. The Morgan fingerprint density at radius 2 is 1.77 bits per heavy atom. The van der Waals surface area contributed by atoms with Gasteiger partial charge in [-0.1, -0.05) is 37.3 Å². The first-order valence-corrected chi connectivity index (χ1v) is 9.23. The van der Waals surface area contributed by atoms with E-state index in [1.165, 1.54) is 0 Å². The fraction of sp³-hybridized carbons (Fsp3) is 0.571. The van der Waals surface area contributed by atoms with Crippen LogP contribution in [0.2, 0.25) is 0 Å². The number of hydrogen-bond donors (Lipinski definition) is 0. The van der Waals surface area contributed by atoms with Crippen molar-refractivity contribution < 1.29 is 19.0 Å². The van der Waals surface area contributed by atoms with Crippen LogP contribution in [-0.4, -0.2) is 36.4 Å². The van der Waals surface area contributed by atoms with E-state index in [1.54, 1.807) is 4.90 Å². The van der Waals surface area contributed by atoms with Crippen molar-refractivity contribution in [2.75, 3.05) is 19.8 Å². The summed E-state index contributed by atoms with van der Waals surface area (Å²) in [5.74, 6) is 0.774. The molecule has 0 spiro atoms. The number of carbonyl (C=O) groups excluding carboxylic acids is 1. The second kappa shape index (κ2) is 10.9. The molecule has 26 heavy (non-hydrogen) atoms. The standard InChI is InChI=1S/C21H33NO4/c1-7-19(25-16-18-12-10-9-11-13-18)17(3)22(14-15-24-8-2)20(23)26-21(4,5)6/h9-13H,7-8,14-16H2,1-6H3/b19-17-. The van der Waals surface area contributed by atoms with E-state index in [0.29, 0.717) is 32.8 Å². The summed E-state index contributed by atoms with van der Waals surface area (Å²) in [6, 6.07) is 9.97. The molecule has 0 fully saturated rings. The lowest BCUT2D eigenvalue weighted by Gasteiger charge is -2.29. The Hall–Kier alpha value is -2.01. The third-order valence-corrected chi connectivity index (χ3v) is 3.66. The molecule has 0 bridgehead atoms. The number of benzene rings is 1. The molecule has 0 atom stereocenters. The largest absolute Gasteiger partial charge is 0.491 e. The minimum absolute atomic E-state index is 0.385. The Kier molecular flexibility index (Phi) is 9.21. The van der Waals surface area contributed by atoms with Crippen LogP contribution in [0.3, 0.4) is 0 Å². The van der Waals surface area contributed by atoms with E-state index in [-0.39, 0.29) is 6.09 Å². The Morgan fingerprint density at radius 3 is 2.31 bits per heavy atom. The molecular weight excluding hydrogens is 330 g/mol. The topological polar surface area (TPSA) is 48.0 Å². The van der Waals surface area contributed by atoms with Crippen molar-refractivity contribution in [3.8, 4) is 0 Å². The van der Waals surface area contributed by atoms with Crippen LogP contribution in [0.25, 0.3) is 0 Å². The summed E-state index contributed by atoms with van der Waals surface area (Å²) in [6.07, 6.45) is 0.302. The van der Waals surface area contributed by atoms with Gasteiger partial charge in [0.2, 0.25) is 0 Å². The van der Waals surface area contributed by atoms with Crippen molar-refractivity contribution in [1.29, 1.82) is 0 Å². The molecule has 0 N–H and O–H groups in total. The van der Waals surface area contributed by atoms with Gasteiger partial charge < -0.3 is 14.2 Å². The van der Waals surface area contributed by atoms with Gasteiger partial charge in [-0.2, -0.15) is 0 Å². The number of allylic oxidation sites excluding steroid dienone is 2. The molecule has 0 saturated heterocycles. The summed E-state index contributed by atoms with van der Waals surface area (Å²) in [6.45, 7) is 13.4. The number of hydrogen-bond acceptors (Lipinski definition) is 4. The van der Waals surface area contributed by atoms with E-state index in [0.717, 1.165) is 17.0 Å². The molecule has 0 aliphatic heterocycles. The second-order valence-corrected chi connectivity index (χ2v) is 6.97. The van der Waals surface area contributed by atoms with Crippen molar-refractivity contribution in [3.63, 3.8) is 0 Å². The normalized spacial score (nSPS) is 12.4. The van der Waals surface area contributed by atoms with Gasteiger partial charge in [0.25, 0.3) is 0 Å². The van der Waals surface area contributed by atoms with Crippen LogP contribution in [0.15, 0.2) is 41.8 Å². The first kappa shape index (κ1) is 22.0. The van der Waals surface area contributed by atoms with Crippen molar-refractivity contribution in [2.24, 2.45) is 0 Å². The predicted octanol–water partition coefficient (Wildman–Crippen LogP) is 5.12. The molecule has 1 aromatic carbocycles. The number of carbonyl (C=O) groups is 1. The molecule has 1 rings (SSSR count). The maximum atomic E-state index is 12.6. The van der Waals surface area contributed by atoms with E-state index in [1.807, 2.05) is 71.9 Å². The average molecular weight is 363 g/mol. The fourth-order valence-electron chi connectivity index (χ4n) is 2.37. The summed E-state index contributed by atoms with van der Waals surface area (Å²) in [5, 5.41) is 0. The molecule has 0 aromatic heterocycles. The van der Waals surface area contributed by atoms with Gasteiger partial charge >= 0.3 is 6.09 Å². The van der Waals surface area contributed by atoms with E-state index in [2.05, 4.69) is 0 Å². The second-order valence-electron chi connectivity index (χ2n) is 6.97. The van der Waals surface area contributed by atoms with Gasteiger partial charge in [-0.3, -0.25) is 4.90 Å². The van der Waals surface area contributed by atoms with Crippen LogP contribution < -0.4 is 0 Å². The van der Waals surface area contributed by atoms with E-state index in [9.17, 15) is 4.79 Å². The maximum absolute atomic E-state index is 12.6. The Balaban J connectivity index is 2.93. The van der Waals surface area contributed by atoms with Gasteiger partial charge in [-0.25, -0.2) is 4.79 Å². The zero-order valence-corrected chi connectivity index (χ0v) is 17.0. The van der Waals surface area contributed by atoms with E-state index in [4.69, 9.17) is 14.2 Å². The first-order valence-electron chi connectivity index (χ1n) is 9.23. The molecule has 5 nitrogen and oxygen atoms in total. The Bertz CT molecular complexity index is 575. The van der Waals surface area contributed by atoms with Gasteiger partial charge in [0.1, 0.15) is 18.0 Å². The van der Waals surface area contributed by atoms with Crippen LogP contribution in [0, 0.1) is 0 Å². The van der Waals surface area contributed by atoms with Gasteiger partial charge in [-0.15, -0.1) is 0 Å². The highest BCUT2D eigenvalue weighted by Gasteiger charge is 2.25. The lowest BCUT2D eigenvalue weighted by molar-refractivity contribution is 0.0236. The van der Waals surface area contributed by atoms with Crippen LogP contribution in [0.4, 0.5) is 4.79 Å². The number of nitrogens with zero attached hydrogens (tertiary/aromatic N) is 1. The number of ether oxygens (including phenoxy) is 3. The minimum Gasteiger partial charge on any atom is -0.491 e. The number of amides is 1. The minimum atomic E-state index is -0.557. The average Bonchev–Trinajstić information content (AvgIpc) is 2.58. The third-order valence-electron chi connectivity index (χ3n) is 3.66. The molecule has 1 aromatic rings.